The molecule has 0 aliphatic rings. The molecule has 0 aliphatic carbocycles. The van der Waals surface area contributed by atoms with Gasteiger partial charge in [-0.15, -0.1) is 0 Å². The van der Waals surface area contributed by atoms with Gasteiger partial charge in [0, 0.05) is 13.2 Å². The summed E-state index contributed by atoms with van der Waals surface area (Å²) in [4.78, 5) is 0. The quantitative estimate of drug-likeness (QED) is 0.419. The van der Waals surface area contributed by atoms with Crippen molar-refractivity contribution in [1.29, 1.82) is 0 Å². The SMILES string of the molecule is C[CH]CCOC(C)OCCC. The number of ether oxygens (including phenoxy) is 2. The number of hydrogen-bond acceptors (Lipinski definition) is 2. The van der Waals surface area contributed by atoms with Gasteiger partial charge in [0.1, 0.15) is 0 Å². The summed E-state index contributed by atoms with van der Waals surface area (Å²) in [5, 5.41) is 0. The Balaban J connectivity index is 3.02. The van der Waals surface area contributed by atoms with Crippen LogP contribution in [-0.4, -0.2) is 19.5 Å². The molecule has 0 spiro atoms. The van der Waals surface area contributed by atoms with Gasteiger partial charge in [0.05, 0.1) is 0 Å². The van der Waals surface area contributed by atoms with Crippen molar-refractivity contribution in [3.05, 3.63) is 6.42 Å². The average molecular weight is 159 g/mol. The summed E-state index contributed by atoms with van der Waals surface area (Å²) in [6.07, 6.45) is 4.09. The lowest BCUT2D eigenvalue weighted by atomic mass is 10.4. The van der Waals surface area contributed by atoms with Crippen molar-refractivity contribution < 1.29 is 9.47 Å². The minimum atomic E-state index is -0.0464. The largest absolute Gasteiger partial charge is 0.353 e. The van der Waals surface area contributed by atoms with E-state index in [-0.39, 0.29) is 6.29 Å². The van der Waals surface area contributed by atoms with E-state index in [2.05, 4.69) is 13.3 Å². The van der Waals surface area contributed by atoms with Crippen molar-refractivity contribution in [2.45, 2.75) is 39.9 Å². The maximum Gasteiger partial charge on any atom is 0.154 e. The molecule has 0 heterocycles. The third-order valence-electron chi connectivity index (χ3n) is 1.32. The zero-order chi connectivity index (χ0) is 8.53. The Morgan fingerprint density at radius 3 is 2.45 bits per heavy atom. The van der Waals surface area contributed by atoms with Crippen LogP contribution in [0.5, 0.6) is 0 Å². The highest BCUT2D eigenvalue weighted by molar-refractivity contribution is 4.53. The van der Waals surface area contributed by atoms with E-state index >= 15 is 0 Å². The topological polar surface area (TPSA) is 18.5 Å². The molecule has 0 rings (SSSR count). The van der Waals surface area contributed by atoms with E-state index < -0.39 is 0 Å². The highest BCUT2D eigenvalue weighted by Gasteiger charge is 1.98. The Kier molecular flexibility index (Phi) is 7.96. The van der Waals surface area contributed by atoms with Gasteiger partial charge in [0.15, 0.2) is 6.29 Å². The molecule has 1 radical (unpaired) electrons. The van der Waals surface area contributed by atoms with Gasteiger partial charge in [-0.1, -0.05) is 13.8 Å². The zero-order valence-electron chi connectivity index (χ0n) is 7.80. The van der Waals surface area contributed by atoms with Crippen LogP contribution in [0.1, 0.15) is 33.6 Å². The summed E-state index contributed by atoms with van der Waals surface area (Å²) in [6.45, 7) is 7.61. The molecule has 67 valence electrons. The molecule has 0 saturated heterocycles. The molecule has 0 saturated carbocycles. The van der Waals surface area contributed by atoms with E-state index in [9.17, 15) is 0 Å². The first kappa shape index (κ1) is 10.9. The lowest BCUT2D eigenvalue weighted by Gasteiger charge is -2.12. The molecule has 11 heavy (non-hydrogen) atoms. The van der Waals surface area contributed by atoms with Crippen LogP contribution in [0.2, 0.25) is 0 Å². The fourth-order valence-electron chi connectivity index (χ4n) is 0.684. The minimum absolute atomic E-state index is 0.0464. The molecule has 1 unspecified atom stereocenters. The Labute approximate surface area is 69.9 Å². The van der Waals surface area contributed by atoms with E-state index in [4.69, 9.17) is 9.47 Å². The van der Waals surface area contributed by atoms with Crippen LogP contribution in [-0.2, 0) is 9.47 Å². The van der Waals surface area contributed by atoms with Crippen LogP contribution in [0, 0.1) is 6.42 Å². The predicted octanol–water partition coefficient (Wildman–Crippen LogP) is 2.39. The minimum Gasteiger partial charge on any atom is -0.353 e. The van der Waals surface area contributed by atoms with Crippen molar-refractivity contribution >= 4 is 0 Å². The second kappa shape index (κ2) is 8.02. The fraction of sp³-hybridized carbons (Fsp3) is 0.889. The third-order valence-corrected chi connectivity index (χ3v) is 1.32. The highest BCUT2D eigenvalue weighted by atomic mass is 16.7. The van der Waals surface area contributed by atoms with Gasteiger partial charge in [-0.25, -0.2) is 0 Å². The van der Waals surface area contributed by atoms with Crippen LogP contribution in [0.25, 0.3) is 0 Å². The second-order valence-electron chi connectivity index (χ2n) is 2.51. The molecule has 2 nitrogen and oxygen atoms in total. The summed E-state index contributed by atoms with van der Waals surface area (Å²) in [5.41, 5.74) is 0. The molecule has 0 bridgehead atoms. The first-order valence-corrected chi connectivity index (χ1v) is 4.32. The van der Waals surface area contributed by atoms with Crippen molar-refractivity contribution in [2.24, 2.45) is 0 Å². The van der Waals surface area contributed by atoms with Crippen molar-refractivity contribution in [1.82, 2.24) is 0 Å². The smallest absolute Gasteiger partial charge is 0.154 e. The molecule has 0 aromatic carbocycles. The number of rotatable bonds is 7. The Hall–Kier alpha value is -0.0800. The van der Waals surface area contributed by atoms with Gasteiger partial charge in [-0.2, -0.15) is 0 Å². The van der Waals surface area contributed by atoms with Crippen molar-refractivity contribution in [3.63, 3.8) is 0 Å². The molecule has 0 aromatic rings. The van der Waals surface area contributed by atoms with Crippen molar-refractivity contribution in [2.75, 3.05) is 13.2 Å². The van der Waals surface area contributed by atoms with E-state index in [1.54, 1.807) is 0 Å². The van der Waals surface area contributed by atoms with E-state index in [0.717, 1.165) is 26.1 Å². The lowest BCUT2D eigenvalue weighted by Crippen LogP contribution is -2.14. The third kappa shape index (κ3) is 7.82. The van der Waals surface area contributed by atoms with Gasteiger partial charge < -0.3 is 9.47 Å². The number of hydrogen-bond donors (Lipinski definition) is 0. The first-order valence-electron chi connectivity index (χ1n) is 4.32. The molecule has 0 amide bonds. The van der Waals surface area contributed by atoms with E-state index in [1.165, 1.54) is 0 Å². The number of unbranched alkanes of at least 4 members (excludes halogenated alkanes) is 1. The van der Waals surface area contributed by atoms with Gasteiger partial charge in [0.25, 0.3) is 0 Å². The van der Waals surface area contributed by atoms with Gasteiger partial charge >= 0.3 is 0 Å². The monoisotopic (exact) mass is 159 g/mol. The van der Waals surface area contributed by atoms with Crippen LogP contribution >= 0.6 is 0 Å². The Morgan fingerprint density at radius 1 is 1.27 bits per heavy atom. The Morgan fingerprint density at radius 2 is 1.91 bits per heavy atom. The molecule has 0 N–H and O–H groups in total. The van der Waals surface area contributed by atoms with Crippen molar-refractivity contribution in [3.8, 4) is 0 Å². The van der Waals surface area contributed by atoms with Gasteiger partial charge in [-0.05, 0) is 26.2 Å². The van der Waals surface area contributed by atoms with Gasteiger partial charge in [0.2, 0.25) is 0 Å². The summed E-state index contributed by atoms with van der Waals surface area (Å²) in [5.74, 6) is 0. The highest BCUT2D eigenvalue weighted by Crippen LogP contribution is 1.96. The molecule has 1 atom stereocenters. The van der Waals surface area contributed by atoms with Crippen LogP contribution in [0.4, 0.5) is 0 Å². The van der Waals surface area contributed by atoms with E-state index in [0.29, 0.717) is 0 Å². The summed E-state index contributed by atoms with van der Waals surface area (Å²) >= 11 is 0. The second-order valence-corrected chi connectivity index (χ2v) is 2.51. The normalized spacial score (nSPS) is 13.4. The predicted molar refractivity (Wildman–Crippen MR) is 46.2 cm³/mol. The van der Waals surface area contributed by atoms with Crippen LogP contribution < -0.4 is 0 Å². The first-order chi connectivity index (χ1) is 5.31. The van der Waals surface area contributed by atoms with Crippen LogP contribution in [0.3, 0.4) is 0 Å². The molecule has 0 fully saturated rings. The zero-order valence-corrected chi connectivity index (χ0v) is 7.80. The Bertz CT molecular complexity index is 74.0. The van der Waals surface area contributed by atoms with Gasteiger partial charge in [-0.3, -0.25) is 0 Å². The molecular weight excluding hydrogens is 140 g/mol. The summed E-state index contributed by atoms with van der Waals surface area (Å²) in [7, 11) is 0. The molecule has 0 aromatic heterocycles. The molecule has 2 heteroatoms. The van der Waals surface area contributed by atoms with E-state index in [1.807, 2.05) is 13.8 Å². The summed E-state index contributed by atoms with van der Waals surface area (Å²) < 4.78 is 10.6. The molecule has 0 aliphatic heterocycles. The molecular formula is C9H19O2. The lowest BCUT2D eigenvalue weighted by molar-refractivity contribution is -0.129. The maximum atomic E-state index is 5.33. The van der Waals surface area contributed by atoms with Crippen LogP contribution in [0.15, 0.2) is 0 Å². The summed E-state index contributed by atoms with van der Waals surface area (Å²) in [6, 6.07) is 0. The average Bonchev–Trinajstić information content (AvgIpc) is 2.01. The standard InChI is InChI=1S/C9H19O2/c1-4-6-8-11-9(3)10-7-5-2/h4,9H,5-8H2,1-3H3. The maximum absolute atomic E-state index is 5.33. The fourth-order valence-corrected chi connectivity index (χ4v) is 0.684.